The lowest BCUT2D eigenvalue weighted by Crippen LogP contribution is -2.27. The maximum absolute atomic E-state index is 12.3. The van der Waals surface area contributed by atoms with Crippen LogP contribution in [-0.4, -0.2) is 32.6 Å². The van der Waals surface area contributed by atoms with E-state index < -0.39 is 0 Å². The standard InChI is InChI=1S/C19H21BrN2O4/c1-12-8-14(20)4-5-17(12)22-18(23)6-7-21-19(24)13-9-15(25-2)11-16(10-13)26-3/h4-5,8-11H,6-7H2,1-3H3,(H,21,24)(H,22,23). The molecule has 7 heteroatoms. The number of carbonyl (C=O) groups is 2. The summed E-state index contributed by atoms with van der Waals surface area (Å²) < 4.78 is 11.3. The molecule has 2 rings (SSSR count). The fourth-order valence-electron chi connectivity index (χ4n) is 2.31. The third kappa shape index (κ3) is 5.49. The smallest absolute Gasteiger partial charge is 0.251 e. The minimum absolute atomic E-state index is 0.168. The average Bonchev–Trinajstić information content (AvgIpc) is 2.63. The summed E-state index contributed by atoms with van der Waals surface area (Å²) >= 11 is 3.38. The van der Waals surface area contributed by atoms with E-state index in [1.807, 2.05) is 25.1 Å². The summed E-state index contributed by atoms with van der Waals surface area (Å²) in [6.07, 6.45) is 0.169. The first-order chi connectivity index (χ1) is 12.4. The number of carbonyl (C=O) groups excluding carboxylic acids is 2. The van der Waals surface area contributed by atoms with E-state index in [-0.39, 0.29) is 24.8 Å². The van der Waals surface area contributed by atoms with Gasteiger partial charge in [-0.15, -0.1) is 0 Å². The molecule has 2 aromatic carbocycles. The van der Waals surface area contributed by atoms with Crippen molar-refractivity contribution in [3.05, 3.63) is 52.0 Å². The molecule has 0 aromatic heterocycles. The van der Waals surface area contributed by atoms with Gasteiger partial charge < -0.3 is 20.1 Å². The van der Waals surface area contributed by atoms with Crippen LogP contribution in [0.1, 0.15) is 22.3 Å². The Morgan fingerprint density at radius 2 is 1.69 bits per heavy atom. The van der Waals surface area contributed by atoms with E-state index in [9.17, 15) is 9.59 Å². The molecule has 2 amide bonds. The van der Waals surface area contributed by atoms with Crippen LogP contribution in [0.15, 0.2) is 40.9 Å². The molecule has 0 fully saturated rings. The minimum atomic E-state index is -0.296. The highest BCUT2D eigenvalue weighted by molar-refractivity contribution is 9.10. The van der Waals surface area contributed by atoms with Crippen molar-refractivity contribution in [2.45, 2.75) is 13.3 Å². The molecule has 0 atom stereocenters. The highest BCUT2D eigenvalue weighted by Gasteiger charge is 2.11. The number of aryl methyl sites for hydroxylation is 1. The number of methoxy groups -OCH3 is 2. The van der Waals surface area contributed by atoms with Crippen LogP contribution in [0.25, 0.3) is 0 Å². The van der Waals surface area contributed by atoms with Crippen molar-refractivity contribution in [3.8, 4) is 11.5 Å². The highest BCUT2D eigenvalue weighted by atomic mass is 79.9. The van der Waals surface area contributed by atoms with Crippen LogP contribution in [0.2, 0.25) is 0 Å². The molecule has 0 aliphatic carbocycles. The van der Waals surface area contributed by atoms with Gasteiger partial charge in [-0.2, -0.15) is 0 Å². The second-order valence-corrected chi connectivity index (χ2v) is 6.53. The molecule has 0 bridgehead atoms. The first-order valence-corrected chi connectivity index (χ1v) is 8.79. The van der Waals surface area contributed by atoms with Gasteiger partial charge in [0.25, 0.3) is 5.91 Å². The lowest BCUT2D eigenvalue weighted by Gasteiger charge is -2.10. The van der Waals surface area contributed by atoms with Gasteiger partial charge in [0.1, 0.15) is 11.5 Å². The SMILES string of the molecule is COc1cc(OC)cc(C(=O)NCCC(=O)Nc2ccc(Br)cc2C)c1. The van der Waals surface area contributed by atoms with Gasteiger partial charge in [0.2, 0.25) is 5.91 Å². The summed E-state index contributed by atoms with van der Waals surface area (Å²) in [4.78, 5) is 24.3. The predicted molar refractivity (Wildman–Crippen MR) is 104 cm³/mol. The number of nitrogens with one attached hydrogen (secondary N) is 2. The molecule has 0 saturated heterocycles. The van der Waals surface area contributed by atoms with Crippen molar-refractivity contribution >= 4 is 33.4 Å². The highest BCUT2D eigenvalue weighted by Crippen LogP contribution is 2.22. The molecule has 0 saturated carbocycles. The molecular weight excluding hydrogens is 400 g/mol. The van der Waals surface area contributed by atoms with Crippen molar-refractivity contribution in [3.63, 3.8) is 0 Å². The van der Waals surface area contributed by atoms with Gasteiger partial charge in [-0.3, -0.25) is 9.59 Å². The maximum atomic E-state index is 12.3. The third-order valence-corrected chi connectivity index (χ3v) is 4.21. The van der Waals surface area contributed by atoms with Gasteiger partial charge in [-0.1, -0.05) is 15.9 Å². The molecular formula is C19H21BrN2O4. The number of rotatable bonds is 7. The van der Waals surface area contributed by atoms with Gasteiger partial charge in [0, 0.05) is 34.8 Å². The summed E-state index contributed by atoms with van der Waals surface area (Å²) in [7, 11) is 3.04. The minimum Gasteiger partial charge on any atom is -0.497 e. The van der Waals surface area contributed by atoms with Crippen molar-refractivity contribution < 1.29 is 19.1 Å². The second-order valence-electron chi connectivity index (χ2n) is 5.61. The van der Waals surface area contributed by atoms with E-state index in [1.54, 1.807) is 18.2 Å². The van der Waals surface area contributed by atoms with Crippen LogP contribution in [0.3, 0.4) is 0 Å². The van der Waals surface area contributed by atoms with E-state index in [1.165, 1.54) is 14.2 Å². The Bertz CT molecular complexity index is 786. The number of ether oxygens (including phenoxy) is 2. The van der Waals surface area contributed by atoms with Crippen LogP contribution in [0.5, 0.6) is 11.5 Å². The van der Waals surface area contributed by atoms with Gasteiger partial charge in [0.05, 0.1) is 14.2 Å². The Labute approximate surface area is 161 Å². The summed E-state index contributed by atoms with van der Waals surface area (Å²) in [5.41, 5.74) is 2.12. The zero-order valence-electron chi connectivity index (χ0n) is 14.9. The van der Waals surface area contributed by atoms with Crippen LogP contribution >= 0.6 is 15.9 Å². The van der Waals surface area contributed by atoms with E-state index in [0.717, 1.165) is 15.7 Å². The normalized spacial score (nSPS) is 10.2. The van der Waals surface area contributed by atoms with Gasteiger partial charge in [-0.25, -0.2) is 0 Å². The molecule has 0 unspecified atom stereocenters. The largest absolute Gasteiger partial charge is 0.497 e. The molecule has 6 nitrogen and oxygen atoms in total. The molecule has 0 aliphatic heterocycles. The number of anilines is 1. The fraction of sp³-hybridized carbons (Fsp3) is 0.263. The molecule has 0 spiro atoms. The summed E-state index contributed by atoms with van der Waals surface area (Å²) in [5.74, 6) is 0.588. The summed E-state index contributed by atoms with van der Waals surface area (Å²) in [6.45, 7) is 2.14. The van der Waals surface area contributed by atoms with Crippen molar-refractivity contribution in [1.29, 1.82) is 0 Å². The number of hydrogen-bond donors (Lipinski definition) is 2. The maximum Gasteiger partial charge on any atom is 0.251 e. The van der Waals surface area contributed by atoms with E-state index in [4.69, 9.17) is 9.47 Å². The Morgan fingerprint density at radius 3 is 2.27 bits per heavy atom. The Morgan fingerprint density at radius 1 is 1.04 bits per heavy atom. The van der Waals surface area contributed by atoms with Crippen LogP contribution < -0.4 is 20.1 Å². The predicted octanol–water partition coefficient (Wildman–Crippen LogP) is 3.53. The zero-order valence-corrected chi connectivity index (χ0v) is 16.5. The van der Waals surface area contributed by atoms with E-state index in [0.29, 0.717) is 17.1 Å². The van der Waals surface area contributed by atoms with Gasteiger partial charge in [0.15, 0.2) is 0 Å². The number of halogens is 1. The quantitative estimate of drug-likeness (QED) is 0.717. The molecule has 0 radical (unpaired) electrons. The number of amides is 2. The molecule has 2 N–H and O–H groups in total. The fourth-order valence-corrected chi connectivity index (χ4v) is 2.79. The van der Waals surface area contributed by atoms with E-state index in [2.05, 4.69) is 26.6 Å². The lowest BCUT2D eigenvalue weighted by molar-refractivity contribution is -0.116. The Kier molecular flexibility index (Phi) is 7.03. The second kappa shape index (κ2) is 9.24. The first kappa shape index (κ1) is 19.8. The summed E-state index contributed by atoms with van der Waals surface area (Å²) in [5, 5.41) is 5.56. The third-order valence-electron chi connectivity index (χ3n) is 3.71. The lowest BCUT2D eigenvalue weighted by atomic mass is 10.2. The van der Waals surface area contributed by atoms with Crippen molar-refractivity contribution in [1.82, 2.24) is 5.32 Å². The first-order valence-electron chi connectivity index (χ1n) is 8.00. The monoisotopic (exact) mass is 420 g/mol. The molecule has 0 aliphatic rings. The van der Waals surface area contributed by atoms with Crippen LogP contribution in [-0.2, 0) is 4.79 Å². The molecule has 0 heterocycles. The topological polar surface area (TPSA) is 76.7 Å². The zero-order chi connectivity index (χ0) is 19.1. The molecule has 26 heavy (non-hydrogen) atoms. The number of hydrogen-bond acceptors (Lipinski definition) is 4. The van der Waals surface area contributed by atoms with Gasteiger partial charge >= 0.3 is 0 Å². The van der Waals surface area contributed by atoms with Gasteiger partial charge in [-0.05, 0) is 42.8 Å². The van der Waals surface area contributed by atoms with Crippen molar-refractivity contribution in [2.75, 3.05) is 26.1 Å². The summed E-state index contributed by atoms with van der Waals surface area (Å²) in [6, 6.07) is 10.5. The number of benzene rings is 2. The Hall–Kier alpha value is -2.54. The van der Waals surface area contributed by atoms with Crippen LogP contribution in [0, 0.1) is 6.92 Å². The van der Waals surface area contributed by atoms with Crippen molar-refractivity contribution in [2.24, 2.45) is 0 Å². The molecule has 2 aromatic rings. The average molecular weight is 421 g/mol. The molecule has 138 valence electrons. The van der Waals surface area contributed by atoms with E-state index >= 15 is 0 Å². The van der Waals surface area contributed by atoms with Crippen LogP contribution in [0.4, 0.5) is 5.69 Å². The Balaban J connectivity index is 1.88.